The fourth-order valence-electron chi connectivity index (χ4n) is 17.6. The third-order valence-electron chi connectivity index (χ3n) is 23.4. The minimum Gasteiger partial charge on any atom is -0.479 e. The Morgan fingerprint density at radius 3 is 1.73 bits per heavy atom. The first-order chi connectivity index (χ1) is 42.5. The zero-order valence-corrected chi connectivity index (χ0v) is 53.4. The van der Waals surface area contributed by atoms with Gasteiger partial charge in [-0.25, -0.2) is 14.4 Å². The van der Waals surface area contributed by atoms with Crippen LogP contribution in [-0.2, 0) is 61.8 Å². The summed E-state index contributed by atoms with van der Waals surface area (Å²) in [5.74, 6) is -4.35. The Morgan fingerprint density at radius 2 is 1.14 bits per heavy atom. The number of allylic oxidation sites excluding steroid dienone is 3. The fourth-order valence-corrected chi connectivity index (χ4v) is 17.6. The summed E-state index contributed by atoms with van der Waals surface area (Å²) in [6.45, 7) is 17.2. The third kappa shape index (κ3) is 11.8. The van der Waals surface area contributed by atoms with Crippen molar-refractivity contribution in [2.45, 2.75) is 262 Å². The number of ether oxygens (including phenoxy) is 10. The maximum absolute atomic E-state index is 13.9. The quantitative estimate of drug-likeness (QED) is 0.0347. The summed E-state index contributed by atoms with van der Waals surface area (Å²) in [7, 11) is 0. The highest BCUT2D eigenvalue weighted by Crippen LogP contribution is 2.76. The van der Waals surface area contributed by atoms with Gasteiger partial charge in [-0.05, 0) is 100 Å². The molecule has 0 aromatic rings. The number of fused-ring (bicyclic) bond motifs is 7. The van der Waals surface area contributed by atoms with Crippen molar-refractivity contribution < 1.29 is 138 Å². The molecule has 518 valence electrons. The number of hydrogen-bond acceptors (Lipinski definition) is 27. The molecule has 3 unspecified atom stereocenters. The van der Waals surface area contributed by atoms with E-state index in [1.165, 1.54) is 0 Å². The van der Waals surface area contributed by atoms with Gasteiger partial charge in [0.25, 0.3) is 0 Å². The highest BCUT2D eigenvalue weighted by molar-refractivity contribution is 5.89. The molecule has 9 rings (SSSR count). The van der Waals surface area contributed by atoms with E-state index in [2.05, 4.69) is 19.9 Å². The van der Waals surface area contributed by atoms with Gasteiger partial charge in [0, 0.05) is 22.0 Å². The Bertz CT molecular complexity index is 2720. The molecule has 15 N–H and O–H groups in total. The van der Waals surface area contributed by atoms with Crippen molar-refractivity contribution in [2.24, 2.45) is 50.2 Å². The Morgan fingerprint density at radius 1 is 0.593 bits per heavy atom. The van der Waals surface area contributed by atoms with E-state index in [-0.39, 0.29) is 35.8 Å². The molecule has 0 aromatic carbocycles. The molecule has 28 heteroatoms. The van der Waals surface area contributed by atoms with Gasteiger partial charge in [-0.15, -0.1) is 0 Å². The van der Waals surface area contributed by atoms with Crippen molar-refractivity contribution in [3.05, 3.63) is 34.9 Å². The molecule has 0 radical (unpaired) electrons. The van der Waals surface area contributed by atoms with Gasteiger partial charge in [-0.2, -0.15) is 0 Å². The minimum absolute atomic E-state index is 0.218. The molecule has 0 amide bonds. The number of aliphatic carboxylic acids is 1. The largest absolute Gasteiger partial charge is 0.479 e. The molecule has 28 nitrogen and oxygen atoms in total. The predicted octanol–water partition coefficient (Wildman–Crippen LogP) is -1.91. The number of carboxylic acid groups (broad SMARTS) is 1. The first kappa shape index (κ1) is 72.0. The molecule has 91 heavy (non-hydrogen) atoms. The first-order valence-corrected chi connectivity index (χ1v) is 31.7. The molecule has 4 saturated carbocycles. The Kier molecular flexibility index (Phi) is 21.1. The van der Waals surface area contributed by atoms with Gasteiger partial charge in [-0.3, -0.25) is 0 Å². The van der Waals surface area contributed by atoms with Crippen LogP contribution in [-0.4, -0.2) is 268 Å². The molecule has 9 aliphatic rings. The lowest BCUT2D eigenvalue weighted by molar-refractivity contribution is -0.405. The molecular formula is C63H98O28. The standard InChI is InChI=1S/C63H98O28/c1-12-25(3)52(80)90-49-50(91-53(81)26(4)13-2)63(24-66)28(20-58(49,5)6)27-14-15-33-60(9)18-17-34(59(7,8)32(60)16-19-61(33,10)62(27,11)47(76)48(63)77)85-57-46(89-55-41(74)38(71)36(69)30(21-64)83-55)43(42(75)44(87-57)51(78)79)86-56-45(39(72)37(70)31(22-65)84-56)88-54-40(73)35(68)29(67)23-82-54/h12-14,28-50,54-57,64-77H,15-24H2,1-11H3,(H,78,79)/b25-12-,26-13-/t28?,29-,30-,31-,32?,33?,34+,35+,36+,37+,38+,39+,40-,41-,42+,43+,44+,45-,46-,47+,48-,49+,50+,54-,55+,56+,57-,60+,61-,62+,63+/m1/s1. The zero-order chi connectivity index (χ0) is 67.3. The van der Waals surface area contributed by atoms with Crippen LogP contribution in [0.5, 0.6) is 0 Å². The van der Waals surface area contributed by atoms with E-state index >= 15 is 0 Å². The summed E-state index contributed by atoms with van der Waals surface area (Å²) in [6.07, 6.45) is -36.4. The van der Waals surface area contributed by atoms with Gasteiger partial charge in [0.15, 0.2) is 37.4 Å². The number of aliphatic hydroxyl groups is 14. The van der Waals surface area contributed by atoms with Crippen molar-refractivity contribution in [1.29, 1.82) is 0 Å². The predicted molar refractivity (Wildman–Crippen MR) is 309 cm³/mol. The highest BCUT2D eigenvalue weighted by Gasteiger charge is 2.77. The number of esters is 2. The third-order valence-corrected chi connectivity index (χ3v) is 23.4. The monoisotopic (exact) mass is 1300 g/mol. The molecule has 5 aliphatic carbocycles. The number of carbonyl (C=O) groups is 3. The lowest BCUT2D eigenvalue weighted by Crippen LogP contribution is -2.76. The van der Waals surface area contributed by atoms with Crippen molar-refractivity contribution in [2.75, 3.05) is 26.4 Å². The van der Waals surface area contributed by atoms with E-state index in [0.29, 0.717) is 25.7 Å². The minimum atomic E-state index is -2.31. The van der Waals surface area contributed by atoms with Crippen molar-refractivity contribution >= 4 is 17.9 Å². The number of rotatable bonds is 16. The van der Waals surface area contributed by atoms with E-state index in [0.717, 1.165) is 5.57 Å². The Balaban J connectivity index is 1.06. The lowest BCUT2D eigenvalue weighted by atomic mass is 9.32. The second-order valence-electron chi connectivity index (χ2n) is 28.9. The first-order valence-electron chi connectivity index (χ1n) is 31.7. The smallest absolute Gasteiger partial charge is 0.335 e. The fraction of sp³-hybridized carbons (Fsp3) is 0.857. The SMILES string of the molecule is C/C=C(/C)C(=O)O[C@H]1[C@H](OC(=O)/C(C)=C\C)[C@@]2(CO)C(CC1(C)C)C1=CCC3[C@@]4(C)CC[C@H](O[C@@H]5O[C@H](C(=O)O)[C@@H](O)[C@H](O[C@@H]6O[C@H](CO)[C@H](O)[C@H](O)[C@H]6O[C@H]6OC[C@@H](O)[C@H](O)[C@H]6O)[C@H]5O[C@@H]5O[C@H](CO)[C@H](O)[C@H](O)[C@H]5O)C(C)(C)C4CC[C@@]3(C)[C@]1(C)[C@@H](O)[C@H]2O. The van der Waals surface area contributed by atoms with E-state index in [1.807, 2.05) is 34.6 Å². The number of carbonyl (C=O) groups excluding carboxylic acids is 2. The zero-order valence-electron chi connectivity index (χ0n) is 53.4. The van der Waals surface area contributed by atoms with Crippen LogP contribution in [0.4, 0.5) is 0 Å². The topological polar surface area (TPSA) is 447 Å². The summed E-state index contributed by atoms with van der Waals surface area (Å²) in [4.78, 5) is 40.8. The number of hydrogen-bond donors (Lipinski definition) is 15. The maximum atomic E-state index is 13.9. The van der Waals surface area contributed by atoms with Crippen LogP contribution in [0.15, 0.2) is 34.9 Å². The van der Waals surface area contributed by atoms with Gasteiger partial charge in [-0.1, -0.05) is 72.3 Å². The summed E-state index contributed by atoms with van der Waals surface area (Å²) >= 11 is 0. The lowest BCUT2D eigenvalue weighted by Gasteiger charge is -2.73. The van der Waals surface area contributed by atoms with Crippen LogP contribution >= 0.6 is 0 Å². The molecule has 0 bridgehead atoms. The molecule has 8 fully saturated rings. The summed E-state index contributed by atoms with van der Waals surface area (Å²) in [6, 6.07) is 0. The molecular weight excluding hydrogens is 1200 g/mol. The van der Waals surface area contributed by atoms with Gasteiger partial charge >= 0.3 is 17.9 Å². The van der Waals surface area contributed by atoms with E-state index in [9.17, 15) is 91.0 Å². The summed E-state index contributed by atoms with van der Waals surface area (Å²) in [5.41, 5.74) is -4.86. The highest BCUT2D eigenvalue weighted by atomic mass is 16.8. The summed E-state index contributed by atoms with van der Waals surface area (Å²) in [5, 5.41) is 169. The molecule has 0 aromatic heterocycles. The van der Waals surface area contributed by atoms with Crippen molar-refractivity contribution in [1.82, 2.24) is 0 Å². The van der Waals surface area contributed by atoms with E-state index < -0.39 is 230 Å². The van der Waals surface area contributed by atoms with Crippen LogP contribution in [0, 0.1) is 50.2 Å². The normalized spacial score (nSPS) is 49.8. The van der Waals surface area contributed by atoms with Gasteiger partial charge in [0.05, 0.1) is 50.2 Å². The van der Waals surface area contributed by atoms with Crippen LogP contribution in [0.1, 0.15) is 115 Å². The van der Waals surface area contributed by atoms with Gasteiger partial charge < -0.3 is 124 Å². The summed E-state index contributed by atoms with van der Waals surface area (Å²) < 4.78 is 61.3. The number of aliphatic hydroxyl groups excluding tert-OH is 14. The van der Waals surface area contributed by atoms with Crippen LogP contribution < -0.4 is 0 Å². The Hall–Kier alpha value is -3.25. The van der Waals surface area contributed by atoms with Gasteiger partial charge in [0.1, 0.15) is 91.6 Å². The second kappa shape index (κ2) is 26.6. The molecule has 31 atom stereocenters. The van der Waals surface area contributed by atoms with Crippen molar-refractivity contribution in [3.8, 4) is 0 Å². The Labute approximate surface area is 528 Å². The van der Waals surface area contributed by atoms with Crippen LogP contribution in [0.25, 0.3) is 0 Å². The molecule has 4 heterocycles. The second-order valence-corrected chi connectivity index (χ2v) is 28.9. The molecule has 4 aliphatic heterocycles. The molecule has 4 saturated heterocycles. The van der Waals surface area contributed by atoms with E-state index in [1.54, 1.807) is 39.8 Å². The van der Waals surface area contributed by atoms with Crippen molar-refractivity contribution in [3.63, 3.8) is 0 Å². The average molecular weight is 1300 g/mol. The van der Waals surface area contributed by atoms with Crippen LogP contribution in [0.2, 0.25) is 0 Å². The van der Waals surface area contributed by atoms with Crippen LogP contribution in [0.3, 0.4) is 0 Å². The maximum Gasteiger partial charge on any atom is 0.335 e. The number of carboxylic acids is 1. The van der Waals surface area contributed by atoms with E-state index in [4.69, 9.17) is 47.4 Å². The molecule has 0 spiro atoms. The average Bonchev–Trinajstić information content (AvgIpc) is 0.664. The van der Waals surface area contributed by atoms with Gasteiger partial charge in [0.2, 0.25) is 0 Å².